The van der Waals surface area contributed by atoms with Gasteiger partial charge < -0.3 is 0 Å². The third kappa shape index (κ3) is 1.43. The van der Waals surface area contributed by atoms with Gasteiger partial charge in [0.15, 0.2) is 0 Å². The van der Waals surface area contributed by atoms with Gasteiger partial charge in [-0.3, -0.25) is 4.79 Å². The first-order chi connectivity index (χ1) is 6.36. The van der Waals surface area contributed by atoms with E-state index in [1.54, 1.807) is 0 Å². The van der Waals surface area contributed by atoms with Gasteiger partial charge in [0.2, 0.25) is 0 Å². The largest absolute Gasteiger partial charge is 0.299 e. The van der Waals surface area contributed by atoms with Crippen molar-refractivity contribution >= 4 is 5.78 Å². The number of ketones is 1. The minimum Gasteiger partial charge on any atom is -0.299 e. The number of hydrogen-bond acceptors (Lipinski definition) is 1. The van der Waals surface area contributed by atoms with Crippen LogP contribution >= 0.6 is 0 Å². The summed E-state index contributed by atoms with van der Waals surface area (Å²) in [6.45, 7) is 0. The van der Waals surface area contributed by atoms with Crippen LogP contribution in [0.1, 0.15) is 44.9 Å². The maximum absolute atomic E-state index is 11.8. The van der Waals surface area contributed by atoms with Gasteiger partial charge >= 0.3 is 0 Å². The second-order valence-corrected chi connectivity index (χ2v) is 5.23. The van der Waals surface area contributed by atoms with Crippen LogP contribution in [-0.4, -0.2) is 5.78 Å². The van der Waals surface area contributed by atoms with E-state index >= 15 is 0 Å². The molecule has 0 amide bonds. The lowest BCUT2D eigenvalue weighted by molar-refractivity contribution is -0.121. The van der Waals surface area contributed by atoms with E-state index in [4.69, 9.17) is 0 Å². The third-order valence-corrected chi connectivity index (χ3v) is 4.27. The molecule has 1 heteroatoms. The molecule has 13 heavy (non-hydrogen) atoms. The lowest BCUT2D eigenvalue weighted by Crippen LogP contribution is -2.05. The molecule has 0 radical (unpaired) electrons. The Bertz CT molecular complexity index is 219. The number of rotatable bonds is 4. The number of carbonyl (C=O) groups is 1. The van der Waals surface area contributed by atoms with Crippen LogP contribution in [0.4, 0.5) is 0 Å². The molecule has 0 aliphatic heterocycles. The molecule has 0 aromatic heterocycles. The number of Topliss-reactive ketones (excluding diaryl/α,β-unsaturated/α-hetero) is 1. The fourth-order valence-electron chi connectivity index (χ4n) is 3.22. The summed E-state index contributed by atoms with van der Waals surface area (Å²) in [6.07, 6.45) is 8.99. The van der Waals surface area contributed by atoms with Crippen LogP contribution in [0.15, 0.2) is 0 Å². The Kier molecular flexibility index (Phi) is 1.75. The van der Waals surface area contributed by atoms with E-state index in [1.165, 1.54) is 38.5 Å². The van der Waals surface area contributed by atoms with Gasteiger partial charge in [-0.2, -0.15) is 0 Å². The van der Waals surface area contributed by atoms with Crippen LogP contribution in [0.5, 0.6) is 0 Å². The zero-order valence-electron chi connectivity index (χ0n) is 8.17. The highest BCUT2D eigenvalue weighted by Crippen LogP contribution is 2.58. The predicted octanol–water partition coefficient (Wildman–Crippen LogP) is 2.79. The smallest absolute Gasteiger partial charge is 0.136 e. The monoisotopic (exact) mass is 178 g/mol. The molecule has 0 heterocycles. The summed E-state index contributed by atoms with van der Waals surface area (Å²) in [5.74, 6) is 3.76. The Labute approximate surface area is 79.9 Å². The van der Waals surface area contributed by atoms with Crippen LogP contribution in [0.2, 0.25) is 0 Å². The molecule has 0 N–H and O–H groups in total. The SMILES string of the molecule is O=C(CCC1CC1)C1C2CCCC21. The van der Waals surface area contributed by atoms with E-state index in [2.05, 4.69) is 0 Å². The van der Waals surface area contributed by atoms with Gasteiger partial charge in [-0.25, -0.2) is 0 Å². The maximum atomic E-state index is 11.8. The predicted molar refractivity (Wildman–Crippen MR) is 51.3 cm³/mol. The molecule has 3 aliphatic rings. The topological polar surface area (TPSA) is 17.1 Å². The van der Waals surface area contributed by atoms with E-state index in [0.717, 1.165) is 24.2 Å². The molecular weight excluding hydrogens is 160 g/mol. The van der Waals surface area contributed by atoms with Gasteiger partial charge in [-0.1, -0.05) is 19.3 Å². The van der Waals surface area contributed by atoms with Crippen LogP contribution in [0, 0.1) is 23.7 Å². The van der Waals surface area contributed by atoms with Gasteiger partial charge in [0.1, 0.15) is 5.78 Å². The summed E-state index contributed by atoms with van der Waals surface area (Å²) in [7, 11) is 0. The molecule has 1 nitrogen and oxygen atoms in total. The van der Waals surface area contributed by atoms with Crippen LogP contribution in [0.25, 0.3) is 0 Å². The molecule has 3 aliphatic carbocycles. The summed E-state index contributed by atoms with van der Waals surface area (Å²) in [4.78, 5) is 11.8. The van der Waals surface area contributed by atoms with Crippen LogP contribution in [-0.2, 0) is 4.79 Å². The number of fused-ring (bicyclic) bond motifs is 1. The van der Waals surface area contributed by atoms with Crippen LogP contribution < -0.4 is 0 Å². The van der Waals surface area contributed by atoms with E-state index in [-0.39, 0.29) is 0 Å². The Morgan fingerprint density at radius 2 is 1.77 bits per heavy atom. The van der Waals surface area contributed by atoms with Crippen molar-refractivity contribution in [2.24, 2.45) is 23.7 Å². The summed E-state index contributed by atoms with van der Waals surface area (Å²) in [5, 5.41) is 0. The minimum atomic E-state index is 0.535. The first kappa shape index (κ1) is 8.02. The molecule has 0 bridgehead atoms. The molecule has 3 rings (SSSR count). The summed E-state index contributed by atoms with van der Waals surface area (Å²) in [6, 6.07) is 0. The van der Waals surface area contributed by atoms with E-state index < -0.39 is 0 Å². The highest BCUT2D eigenvalue weighted by Gasteiger charge is 2.55. The lowest BCUT2D eigenvalue weighted by atomic mass is 10.0. The molecule has 2 unspecified atom stereocenters. The van der Waals surface area contributed by atoms with Crippen molar-refractivity contribution < 1.29 is 4.79 Å². The molecule has 0 saturated heterocycles. The van der Waals surface area contributed by atoms with E-state index in [1.807, 2.05) is 0 Å². The fraction of sp³-hybridized carbons (Fsp3) is 0.917. The number of hydrogen-bond donors (Lipinski definition) is 0. The fourth-order valence-corrected chi connectivity index (χ4v) is 3.22. The van der Waals surface area contributed by atoms with Gasteiger partial charge in [0.25, 0.3) is 0 Å². The molecule has 72 valence electrons. The van der Waals surface area contributed by atoms with Crippen molar-refractivity contribution in [3.05, 3.63) is 0 Å². The normalized spacial score (nSPS) is 41.7. The van der Waals surface area contributed by atoms with Crippen molar-refractivity contribution in [2.45, 2.75) is 44.9 Å². The van der Waals surface area contributed by atoms with Gasteiger partial charge in [-0.05, 0) is 37.0 Å². The Morgan fingerprint density at radius 3 is 2.38 bits per heavy atom. The van der Waals surface area contributed by atoms with Crippen LogP contribution in [0.3, 0.4) is 0 Å². The first-order valence-electron chi connectivity index (χ1n) is 5.89. The standard InChI is InChI=1S/C12H18O/c13-11(7-6-8-4-5-8)12-9-2-1-3-10(9)12/h8-10,12H,1-7H2. The van der Waals surface area contributed by atoms with Gasteiger partial charge in [0.05, 0.1) is 0 Å². The molecule has 0 spiro atoms. The maximum Gasteiger partial charge on any atom is 0.136 e. The Morgan fingerprint density at radius 1 is 1.08 bits per heavy atom. The molecule has 0 aromatic rings. The van der Waals surface area contributed by atoms with Crippen molar-refractivity contribution in [1.82, 2.24) is 0 Å². The van der Waals surface area contributed by atoms with Crippen molar-refractivity contribution in [3.8, 4) is 0 Å². The Hall–Kier alpha value is -0.330. The van der Waals surface area contributed by atoms with Crippen molar-refractivity contribution in [2.75, 3.05) is 0 Å². The average Bonchev–Trinajstić information content (AvgIpc) is 3.03. The van der Waals surface area contributed by atoms with E-state index in [0.29, 0.717) is 11.7 Å². The number of carbonyl (C=O) groups excluding carboxylic acids is 1. The highest BCUT2D eigenvalue weighted by atomic mass is 16.1. The quantitative estimate of drug-likeness (QED) is 0.647. The first-order valence-corrected chi connectivity index (χ1v) is 5.89. The second kappa shape index (κ2) is 2.83. The lowest BCUT2D eigenvalue weighted by Gasteiger charge is -2.01. The Balaban J connectivity index is 1.47. The highest BCUT2D eigenvalue weighted by molar-refractivity contribution is 5.84. The zero-order valence-corrected chi connectivity index (χ0v) is 8.17. The zero-order chi connectivity index (χ0) is 8.84. The minimum absolute atomic E-state index is 0.535. The average molecular weight is 178 g/mol. The van der Waals surface area contributed by atoms with Crippen molar-refractivity contribution in [3.63, 3.8) is 0 Å². The summed E-state index contributed by atoms with van der Waals surface area (Å²) < 4.78 is 0. The second-order valence-electron chi connectivity index (χ2n) is 5.23. The molecule has 3 saturated carbocycles. The van der Waals surface area contributed by atoms with Crippen molar-refractivity contribution in [1.29, 1.82) is 0 Å². The third-order valence-electron chi connectivity index (χ3n) is 4.27. The molecular formula is C12H18O. The molecule has 0 aromatic carbocycles. The van der Waals surface area contributed by atoms with Gasteiger partial charge in [-0.15, -0.1) is 0 Å². The van der Waals surface area contributed by atoms with Gasteiger partial charge in [0, 0.05) is 12.3 Å². The summed E-state index contributed by atoms with van der Waals surface area (Å²) >= 11 is 0. The van der Waals surface area contributed by atoms with E-state index in [9.17, 15) is 4.79 Å². The molecule has 3 fully saturated rings. The summed E-state index contributed by atoms with van der Waals surface area (Å²) in [5.41, 5.74) is 0. The molecule has 2 atom stereocenters.